The second-order valence-corrected chi connectivity index (χ2v) is 9.93. The zero-order chi connectivity index (χ0) is 20.3. The topological polar surface area (TPSA) is 61.9 Å². The van der Waals surface area contributed by atoms with E-state index in [0.29, 0.717) is 13.1 Å². The molecule has 29 heavy (non-hydrogen) atoms. The molecular formula is C21H29N3O3S2. The minimum Gasteiger partial charge on any atom is -0.379 e. The summed E-state index contributed by atoms with van der Waals surface area (Å²) in [5, 5.41) is 3.20. The SMILES string of the molecule is CSc1ccc(N2CC(C(=O)NCC3(N4CCOCC4)CCSC3)CC2=O)cc1. The zero-order valence-electron chi connectivity index (χ0n) is 16.9. The van der Waals surface area contributed by atoms with E-state index in [-0.39, 0.29) is 29.7 Å². The number of nitrogens with one attached hydrogen (secondary N) is 1. The molecule has 2 amide bonds. The summed E-state index contributed by atoms with van der Waals surface area (Å²) in [6.45, 7) is 4.51. The van der Waals surface area contributed by atoms with Crippen molar-refractivity contribution in [1.29, 1.82) is 0 Å². The molecule has 158 valence electrons. The van der Waals surface area contributed by atoms with Crippen LogP contribution in [-0.4, -0.2) is 79.4 Å². The number of hydrogen-bond acceptors (Lipinski definition) is 6. The maximum atomic E-state index is 12.9. The van der Waals surface area contributed by atoms with E-state index in [1.54, 1.807) is 16.7 Å². The molecule has 2 atom stereocenters. The third-order valence-electron chi connectivity index (χ3n) is 6.24. The van der Waals surface area contributed by atoms with E-state index >= 15 is 0 Å². The van der Waals surface area contributed by atoms with Crippen molar-refractivity contribution >= 4 is 41.0 Å². The lowest BCUT2D eigenvalue weighted by atomic mass is 9.95. The number of amides is 2. The van der Waals surface area contributed by atoms with Crippen molar-refractivity contribution in [2.45, 2.75) is 23.3 Å². The van der Waals surface area contributed by atoms with E-state index in [4.69, 9.17) is 4.74 Å². The Labute approximate surface area is 181 Å². The number of anilines is 1. The van der Waals surface area contributed by atoms with E-state index in [1.165, 1.54) is 0 Å². The van der Waals surface area contributed by atoms with E-state index in [2.05, 4.69) is 10.2 Å². The summed E-state index contributed by atoms with van der Waals surface area (Å²) >= 11 is 3.64. The molecule has 0 saturated carbocycles. The highest BCUT2D eigenvalue weighted by molar-refractivity contribution is 7.99. The summed E-state index contributed by atoms with van der Waals surface area (Å²) < 4.78 is 5.51. The Hall–Kier alpha value is -1.22. The highest BCUT2D eigenvalue weighted by Crippen LogP contribution is 2.34. The van der Waals surface area contributed by atoms with Crippen LogP contribution in [-0.2, 0) is 14.3 Å². The van der Waals surface area contributed by atoms with E-state index in [0.717, 1.165) is 54.8 Å². The molecule has 2 unspecified atom stereocenters. The fourth-order valence-corrected chi connectivity index (χ4v) is 6.31. The van der Waals surface area contributed by atoms with Crippen LogP contribution in [0.3, 0.4) is 0 Å². The van der Waals surface area contributed by atoms with Crippen molar-refractivity contribution in [3.05, 3.63) is 24.3 Å². The van der Waals surface area contributed by atoms with Gasteiger partial charge in [-0.25, -0.2) is 0 Å². The van der Waals surface area contributed by atoms with Crippen LogP contribution in [0.1, 0.15) is 12.8 Å². The molecule has 3 saturated heterocycles. The lowest BCUT2D eigenvalue weighted by Crippen LogP contribution is -2.59. The molecule has 1 aromatic carbocycles. The normalized spacial score (nSPS) is 28.1. The van der Waals surface area contributed by atoms with Crippen LogP contribution in [0.15, 0.2) is 29.2 Å². The van der Waals surface area contributed by atoms with E-state index in [9.17, 15) is 9.59 Å². The Bertz CT molecular complexity index is 731. The molecule has 0 bridgehead atoms. The molecule has 3 fully saturated rings. The van der Waals surface area contributed by atoms with E-state index in [1.807, 2.05) is 42.3 Å². The Morgan fingerprint density at radius 2 is 2.07 bits per heavy atom. The van der Waals surface area contributed by atoms with Gasteiger partial charge in [-0.1, -0.05) is 0 Å². The minimum atomic E-state index is -0.279. The van der Waals surface area contributed by atoms with Crippen molar-refractivity contribution in [1.82, 2.24) is 10.2 Å². The highest BCUT2D eigenvalue weighted by Gasteiger charge is 2.42. The monoisotopic (exact) mass is 435 g/mol. The number of carbonyl (C=O) groups excluding carboxylic acids is 2. The predicted octanol–water partition coefficient (Wildman–Crippen LogP) is 2.09. The second-order valence-electron chi connectivity index (χ2n) is 7.95. The maximum Gasteiger partial charge on any atom is 0.227 e. The number of carbonyl (C=O) groups is 2. The van der Waals surface area contributed by atoms with Crippen molar-refractivity contribution < 1.29 is 14.3 Å². The average molecular weight is 436 g/mol. The first-order chi connectivity index (χ1) is 14.1. The van der Waals surface area contributed by atoms with Gasteiger partial charge >= 0.3 is 0 Å². The summed E-state index contributed by atoms with van der Waals surface area (Å²) in [6.07, 6.45) is 3.41. The number of thioether (sulfide) groups is 2. The number of nitrogens with zero attached hydrogens (tertiary/aromatic N) is 2. The molecular weight excluding hydrogens is 406 g/mol. The first-order valence-electron chi connectivity index (χ1n) is 10.2. The second kappa shape index (κ2) is 9.29. The molecule has 1 N–H and O–H groups in total. The Balaban J connectivity index is 1.36. The van der Waals surface area contributed by atoms with Gasteiger partial charge in [0.1, 0.15) is 0 Å². The highest BCUT2D eigenvalue weighted by atomic mass is 32.2. The van der Waals surface area contributed by atoms with Crippen LogP contribution >= 0.6 is 23.5 Å². The molecule has 8 heteroatoms. The predicted molar refractivity (Wildman–Crippen MR) is 119 cm³/mol. The number of ether oxygens (including phenoxy) is 1. The van der Waals surface area contributed by atoms with Crippen LogP contribution in [0.2, 0.25) is 0 Å². The van der Waals surface area contributed by atoms with Crippen LogP contribution in [0.4, 0.5) is 5.69 Å². The van der Waals surface area contributed by atoms with Gasteiger partial charge in [-0.05, 0) is 42.7 Å². The maximum absolute atomic E-state index is 12.9. The third-order valence-corrected chi connectivity index (χ3v) is 8.21. The van der Waals surface area contributed by atoms with Gasteiger partial charge in [0, 0.05) is 54.5 Å². The van der Waals surface area contributed by atoms with Gasteiger partial charge in [-0.2, -0.15) is 11.8 Å². The summed E-state index contributed by atoms with van der Waals surface area (Å²) in [5.41, 5.74) is 0.903. The van der Waals surface area contributed by atoms with Crippen molar-refractivity contribution in [3.8, 4) is 0 Å². The average Bonchev–Trinajstić information content (AvgIpc) is 3.40. The molecule has 0 spiro atoms. The summed E-state index contributed by atoms with van der Waals surface area (Å²) in [6, 6.07) is 7.97. The Morgan fingerprint density at radius 3 is 2.72 bits per heavy atom. The largest absolute Gasteiger partial charge is 0.379 e. The zero-order valence-corrected chi connectivity index (χ0v) is 18.5. The lowest BCUT2D eigenvalue weighted by molar-refractivity contribution is -0.127. The van der Waals surface area contributed by atoms with Gasteiger partial charge in [0.15, 0.2) is 0 Å². The third kappa shape index (κ3) is 4.60. The van der Waals surface area contributed by atoms with E-state index < -0.39 is 0 Å². The molecule has 3 aliphatic heterocycles. The van der Waals surface area contributed by atoms with Crippen LogP contribution < -0.4 is 10.2 Å². The van der Waals surface area contributed by atoms with Gasteiger partial charge in [0.25, 0.3) is 0 Å². The van der Waals surface area contributed by atoms with Gasteiger partial charge in [0.2, 0.25) is 11.8 Å². The lowest BCUT2D eigenvalue weighted by Gasteiger charge is -2.43. The Morgan fingerprint density at radius 1 is 1.31 bits per heavy atom. The van der Waals surface area contributed by atoms with Gasteiger partial charge in [0.05, 0.1) is 19.1 Å². The van der Waals surface area contributed by atoms with Gasteiger partial charge in [-0.15, -0.1) is 11.8 Å². The quantitative estimate of drug-likeness (QED) is 0.691. The van der Waals surface area contributed by atoms with Crippen molar-refractivity contribution in [2.75, 3.05) is 62.1 Å². The summed E-state index contributed by atoms with van der Waals surface area (Å²) in [5.74, 6) is 1.94. The molecule has 0 aromatic heterocycles. The van der Waals surface area contributed by atoms with Gasteiger partial charge in [-0.3, -0.25) is 14.5 Å². The Kier molecular flexibility index (Phi) is 6.73. The van der Waals surface area contributed by atoms with Crippen molar-refractivity contribution in [3.63, 3.8) is 0 Å². The molecule has 3 aliphatic rings. The smallest absolute Gasteiger partial charge is 0.227 e. The van der Waals surface area contributed by atoms with Crippen LogP contribution in [0, 0.1) is 5.92 Å². The molecule has 4 rings (SSSR count). The first kappa shape index (κ1) is 21.0. The number of rotatable bonds is 6. The number of benzene rings is 1. The molecule has 6 nitrogen and oxygen atoms in total. The molecule has 0 aliphatic carbocycles. The fraction of sp³-hybridized carbons (Fsp3) is 0.619. The standard InChI is InChI=1S/C21H29N3O3S2/c1-28-18-4-2-17(3-5-18)24-13-16(12-19(24)25)20(26)22-14-21(6-11-29-15-21)23-7-9-27-10-8-23/h2-5,16H,6-15H2,1H3,(H,22,26). The summed E-state index contributed by atoms with van der Waals surface area (Å²) in [4.78, 5) is 30.8. The van der Waals surface area contributed by atoms with Crippen molar-refractivity contribution in [2.24, 2.45) is 5.92 Å². The molecule has 3 heterocycles. The minimum absolute atomic E-state index is 0.00567. The molecule has 0 radical (unpaired) electrons. The first-order valence-corrected chi connectivity index (χ1v) is 12.6. The summed E-state index contributed by atoms with van der Waals surface area (Å²) in [7, 11) is 0. The van der Waals surface area contributed by atoms with Crippen LogP contribution in [0.25, 0.3) is 0 Å². The van der Waals surface area contributed by atoms with Gasteiger partial charge < -0.3 is 15.0 Å². The van der Waals surface area contributed by atoms with Crippen LogP contribution in [0.5, 0.6) is 0 Å². The number of morpholine rings is 1. The number of hydrogen-bond donors (Lipinski definition) is 1. The molecule has 1 aromatic rings. The fourth-order valence-electron chi connectivity index (χ4n) is 4.43.